The van der Waals surface area contributed by atoms with Crippen molar-refractivity contribution < 1.29 is 19.1 Å². The van der Waals surface area contributed by atoms with Crippen LogP contribution >= 0.6 is 11.6 Å². The lowest BCUT2D eigenvalue weighted by atomic mass is 10.0. The molecular formula is C17H17ClN2O4. The molecule has 2 rings (SSSR count). The van der Waals surface area contributed by atoms with Gasteiger partial charge >= 0.3 is 5.97 Å². The highest BCUT2D eigenvalue weighted by Crippen LogP contribution is 2.21. The molecule has 1 amide bonds. The maximum atomic E-state index is 12.4. The summed E-state index contributed by atoms with van der Waals surface area (Å²) in [4.78, 5) is 27.9. The van der Waals surface area contributed by atoms with Crippen molar-refractivity contribution in [2.75, 3.05) is 14.2 Å². The van der Waals surface area contributed by atoms with Crippen molar-refractivity contribution in [3.8, 4) is 5.75 Å². The molecule has 0 aliphatic rings. The summed E-state index contributed by atoms with van der Waals surface area (Å²) in [5, 5.41) is 3.11. The molecule has 0 saturated carbocycles. The SMILES string of the molecule is COC(=O)CC(NC(=O)c1ccc(Cl)nc1)c1ccc(OC)cc1. The van der Waals surface area contributed by atoms with E-state index >= 15 is 0 Å². The molecule has 6 nitrogen and oxygen atoms in total. The Bertz CT molecular complexity index is 702. The summed E-state index contributed by atoms with van der Waals surface area (Å²) >= 11 is 5.72. The Morgan fingerprint density at radius 3 is 2.42 bits per heavy atom. The van der Waals surface area contributed by atoms with E-state index in [9.17, 15) is 9.59 Å². The minimum Gasteiger partial charge on any atom is -0.497 e. The van der Waals surface area contributed by atoms with Gasteiger partial charge in [0, 0.05) is 6.20 Å². The van der Waals surface area contributed by atoms with E-state index in [1.807, 2.05) is 0 Å². The molecule has 1 N–H and O–H groups in total. The number of benzene rings is 1. The Labute approximate surface area is 144 Å². The number of esters is 1. The van der Waals surface area contributed by atoms with Gasteiger partial charge in [0.2, 0.25) is 0 Å². The van der Waals surface area contributed by atoms with Gasteiger partial charge < -0.3 is 14.8 Å². The number of hydrogen-bond donors (Lipinski definition) is 1. The third-order valence-electron chi connectivity index (χ3n) is 3.41. The number of aromatic nitrogens is 1. The monoisotopic (exact) mass is 348 g/mol. The van der Waals surface area contributed by atoms with Crippen LogP contribution in [0.2, 0.25) is 5.15 Å². The fourth-order valence-electron chi connectivity index (χ4n) is 2.09. The van der Waals surface area contributed by atoms with Crippen LogP contribution < -0.4 is 10.1 Å². The Balaban J connectivity index is 2.19. The molecule has 1 unspecified atom stereocenters. The Kier molecular flexibility index (Phi) is 6.14. The van der Waals surface area contributed by atoms with Crippen molar-refractivity contribution in [2.24, 2.45) is 0 Å². The zero-order valence-corrected chi connectivity index (χ0v) is 14.0. The number of nitrogens with zero attached hydrogens (tertiary/aromatic N) is 1. The predicted octanol–water partition coefficient (Wildman–Crippen LogP) is 2.78. The van der Waals surface area contributed by atoms with Crippen LogP contribution in [0.15, 0.2) is 42.6 Å². The molecule has 1 heterocycles. The van der Waals surface area contributed by atoms with Crippen LogP contribution in [-0.4, -0.2) is 31.1 Å². The zero-order valence-electron chi connectivity index (χ0n) is 13.3. The van der Waals surface area contributed by atoms with E-state index < -0.39 is 12.0 Å². The predicted molar refractivity (Wildman–Crippen MR) is 89.1 cm³/mol. The van der Waals surface area contributed by atoms with Crippen LogP contribution in [0.25, 0.3) is 0 Å². The average molecular weight is 349 g/mol. The van der Waals surface area contributed by atoms with Crippen LogP contribution in [-0.2, 0) is 9.53 Å². The highest BCUT2D eigenvalue weighted by Gasteiger charge is 2.20. The first-order valence-corrected chi connectivity index (χ1v) is 7.54. The number of rotatable bonds is 6. The van der Waals surface area contributed by atoms with Gasteiger partial charge in [0.25, 0.3) is 5.91 Å². The third-order valence-corrected chi connectivity index (χ3v) is 3.64. The van der Waals surface area contributed by atoms with E-state index in [0.29, 0.717) is 16.5 Å². The van der Waals surface area contributed by atoms with Crippen molar-refractivity contribution in [1.82, 2.24) is 10.3 Å². The molecule has 24 heavy (non-hydrogen) atoms. The number of methoxy groups -OCH3 is 2. The van der Waals surface area contributed by atoms with Crippen molar-refractivity contribution in [3.05, 3.63) is 58.9 Å². The van der Waals surface area contributed by atoms with Gasteiger partial charge in [-0.3, -0.25) is 9.59 Å². The van der Waals surface area contributed by atoms with Gasteiger partial charge in [-0.25, -0.2) is 4.98 Å². The van der Waals surface area contributed by atoms with E-state index in [2.05, 4.69) is 10.3 Å². The molecule has 0 aliphatic carbocycles. The normalized spacial score (nSPS) is 11.5. The number of pyridine rings is 1. The fourth-order valence-corrected chi connectivity index (χ4v) is 2.20. The molecule has 1 atom stereocenters. The standard InChI is InChI=1S/C17H17ClN2O4/c1-23-13-6-3-11(4-7-13)14(9-16(21)24-2)20-17(22)12-5-8-15(18)19-10-12/h3-8,10,14H,9H2,1-2H3,(H,20,22). The fraction of sp³-hybridized carbons (Fsp3) is 0.235. The average Bonchev–Trinajstić information content (AvgIpc) is 2.61. The summed E-state index contributed by atoms with van der Waals surface area (Å²) < 4.78 is 9.82. The van der Waals surface area contributed by atoms with Gasteiger partial charge in [-0.2, -0.15) is 0 Å². The van der Waals surface area contributed by atoms with Crippen LogP contribution in [0.4, 0.5) is 0 Å². The second kappa shape index (κ2) is 8.31. The molecule has 2 aromatic rings. The van der Waals surface area contributed by atoms with E-state index in [0.717, 1.165) is 5.56 Å². The number of nitrogens with one attached hydrogen (secondary N) is 1. The molecule has 126 valence electrons. The van der Waals surface area contributed by atoms with Gasteiger partial charge in [0.15, 0.2) is 0 Å². The van der Waals surface area contributed by atoms with Crippen LogP contribution in [0, 0.1) is 0 Å². The second-order valence-electron chi connectivity index (χ2n) is 4.95. The first kappa shape index (κ1) is 17.7. The lowest BCUT2D eigenvalue weighted by molar-refractivity contribution is -0.141. The minimum absolute atomic E-state index is 0.00951. The molecule has 0 fully saturated rings. The summed E-state index contributed by atoms with van der Waals surface area (Å²) in [7, 11) is 2.87. The molecule has 0 bridgehead atoms. The van der Waals surface area contributed by atoms with E-state index in [4.69, 9.17) is 21.1 Å². The van der Waals surface area contributed by atoms with Crippen molar-refractivity contribution in [1.29, 1.82) is 0 Å². The van der Waals surface area contributed by atoms with Crippen molar-refractivity contribution in [2.45, 2.75) is 12.5 Å². The Hall–Kier alpha value is -2.60. The number of carbonyl (C=O) groups excluding carboxylic acids is 2. The summed E-state index contributed by atoms with van der Waals surface area (Å²) in [5.74, 6) is -0.0990. The van der Waals surface area contributed by atoms with Crippen LogP contribution in [0.3, 0.4) is 0 Å². The molecule has 1 aromatic carbocycles. The Morgan fingerprint density at radius 1 is 1.17 bits per heavy atom. The number of ether oxygens (including phenoxy) is 2. The van der Waals surface area contributed by atoms with Crippen molar-refractivity contribution in [3.63, 3.8) is 0 Å². The second-order valence-corrected chi connectivity index (χ2v) is 5.34. The van der Waals surface area contributed by atoms with Gasteiger partial charge in [0.1, 0.15) is 10.9 Å². The number of carbonyl (C=O) groups is 2. The summed E-state index contributed by atoms with van der Waals surface area (Å²) in [5.41, 5.74) is 1.11. The summed E-state index contributed by atoms with van der Waals surface area (Å²) in [6.45, 7) is 0. The minimum atomic E-state index is -0.536. The van der Waals surface area contributed by atoms with Crippen LogP contribution in [0.1, 0.15) is 28.4 Å². The molecule has 0 radical (unpaired) electrons. The van der Waals surface area contributed by atoms with Crippen molar-refractivity contribution >= 4 is 23.5 Å². The third kappa shape index (κ3) is 4.70. The zero-order chi connectivity index (χ0) is 17.5. The summed E-state index contributed by atoms with van der Waals surface area (Å²) in [6, 6.07) is 9.64. The first-order valence-electron chi connectivity index (χ1n) is 7.16. The van der Waals surface area contributed by atoms with Gasteiger partial charge in [-0.05, 0) is 29.8 Å². The quantitative estimate of drug-likeness (QED) is 0.641. The largest absolute Gasteiger partial charge is 0.497 e. The molecule has 1 aromatic heterocycles. The lowest BCUT2D eigenvalue weighted by Crippen LogP contribution is -2.30. The molecule has 0 saturated heterocycles. The van der Waals surface area contributed by atoms with E-state index in [1.54, 1.807) is 37.4 Å². The molecule has 7 heteroatoms. The maximum absolute atomic E-state index is 12.4. The molecular weight excluding hydrogens is 332 g/mol. The van der Waals surface area contributed by atoms with Gasteiger partial charge in [-0.15, -0.1) is 0 Å². The van der Waals surface area contributed by atoms with Gasteiger partial charge in [0.05, 0.1) is 32.2 Å². The highest BCUT2D eigenvalue weighted by molar-refractivity contribution is 6.29. The lowest BCUT2D eigenvalue weighted by Gasteiger charge is -2.18. The van der Waals surface area contributed by atoms with Crippen LogP contribution in [0.5, 0.6) is 5.75 Å². The topological polar surface area (TPSA) is 77.5 Å². The van der Waals surface area contributed by atoms with E-state index in [1.165, 1.54) is 19.4 Å². The number of hydrogen-bond acceptors (Lipinski definition) is 5. The molecule has 0 spiro atoms. The number of amides is 1. The Morgan fingerprint density at radius 2 is 1.88 bits per heavy atom. The summed E-state index contributed by atoms with van der Waals surface area (Å²) in [6.07, 6.45) is 1.39. The highest BCUT2D eigenvalue weighted by atomic mass is 35.5. The smallest absolute Gasteiger partial charge is 0.307 e. The molecule has 0 aliphatic heterocycles. The maximum Gasteiger partial charge on any atom is 0.307 e. The number of halogens is 1. The van der Waals surface area contributed by atoms with Gasteiger partial charge in [-0.1, -0.05) is 23.7 Å². The van der Waals surface area contributed by atoms with E-state index in [-0.39, 0.29) is 12.3 Å². The first-order chi connectivity index (χ1) is 11.5.